The Hall–Kier alpha value is -3.60. The van der Waals surface area contributed by atoms with Gasteiger partial charge in [-0.25, -0.2) is 18.5 Å². The molecule has 3 N–H and O–H groups in total. The van der Waals surface area contributed by atoms with Crippen molar-refractivity contribution in [1.82, 2.24) is 4.98 Å². The summed E-state index contributed by atoms with van der Waals surface area (Å²) in [5.74, 6) is 0. The van der Waals surface area contributed by atoms with Gasteiger partial charge in [-0.2, -0.15) is 0 Å². The lowest BCUT2D eigenvalue weighted by molar-refractivity contribution is -0.384. The molecule has 0 aliphatic heterocycles. The van der Waals surface area contributed by atoms with Gasteiger partial charge in [0.2, 0.25) is 10.0 Å². The second-order valence-electron chi connectivity index (χ2n) is 7.44. The number of aromatic nitrogens is 1. The Labute approximate surface area is 194 Å². The summed E-state index contributed by atoms with van der Waals surface area (Å²) < 4.78 is 22.9. The molecule has 8 nitrogen and oxygen atoms in total. The van der Waals surface area contributed by atoms with Gasteiger partial charge >= 0.3 is 0 Å². The van der Waals surface area contributed by atoms with Crippen LogP contribution < -0.4 is 10.5 Å². The Morgan fingerprint density at radius 2 is 1.70 bits per heavy atom. The molecular weight excluding hydrogens is 460 g/mol. The van der Waals surface area contributed by atoms with Crippen LogP contribution in [-0.2, 0) is 16.6 Å². The standard InChI is InChI=1S/C23H20N4O4S2/c1-15-2-6-17(7-3-15)21-14-32-23(26-21)18-8-4-16(5-9-18)13-25-20-11-10-19(33(24,30)31)12-22(20)27(28)29/h2-12,14,25H,13H2,1H3,(H2,24,30,31). The van der Waals surface area contributed by atoms with Gasteiger partial charge in [0.15, 0.2) is 0 Å². The fraction of sp³-hybridized carbons (Fsp3) is 0.0870. The number of nitrogens with one attached hydrogen (secondary N) is 1. The summed E-state index contributed by atoms with van der Waals surface area (Å²) in [6, 6.07) is 19.5. The fourth-order valence-corrected chi connectivity index (χ4v) is 4.58. The summed E-state index contributed by atoms with van der Waals surface area (Å²) in [6.45, 7) is 2.37. The van der Waals surface area contributed by atoms with Crippen molar-refractivity contribution >= 4 is 32.7 Å². The minimum absolute atomic E-state index is 0.208. The molecule has 1 aromatic heterocycles. The molecule has 0 atom stereocenters. The lowest BCUT2D eigenvalue weighted by Crippen LogP contribution is -2.13. The summed E-state index contributed by atoms with van der Waals surface area (Å²) in [7, 11) is -4.03. The van der Waals surface area contributed by atoms with Crippen molar-refractivity contribution in [3.63, 3.8) is 0 Å². The van der Waals surface area contributed by atoms with E-state index in [9.17, 15) is 18.5 Å². The van der Waals surface area contributed by atoms with E-state index in [2.05, 4.69) is 29.6 Å². The highest BCUT2D eigenvalue weighted by Gasteiger charge is 2.19. The van der Waals surface area contributed by atoms with Crippen LogP contribution in [0.15, 0.2) is 77.0 Å². The summed E-state index contributed by atoms with van der Waals surface area (Å²) in [5, 5.41) is 22.3. The minimum Gasteiger partial charge on any atom is -0.375 e. The van der Waals surface area contributed by atoms with Gasteiger partial charge in [0.1, 0.15) is 10.7 Å². The average molecular weight is 481 g/mol. The van der Waals surface area contributed by atoms with Crippen molar-refractivity contribution in [3.05, 3.63) is 93.4 Å². The number of hydrogen-bond acceptors (Lipinski definition) is 7. The first-order valence-electron chi connectivity index (χ1n) is 9.88. The van der Waals surface area contributed by atoms with Gasteiger partial charge in [-0.05, 0) is 24.6 Å². The molecular formula is C23H20N4O4S2. The van der Waals surface area contributed by atoms with Crippen LogP contribution >= 0.6 is 11.3 Å². The molecule has 1 heterocycles. The number of thiazole rings is 1. The van der Waals surface area contributed by atoms with Gasteiger partial charge in [-0.1, -0.05) is 54.1 Å². The molecule has 0 fully saturated rings. The molecule has 0 saturated heterocycles. The van der Waals surface area contributed by atoms with Gasteiger partial charge in [0.25, 0.3) is 5.69 Å². The maximum atomic E-state index is 11.5. The number of nitro benzene ring substituents is 1. The van der Waals surface area contributed by atoms with Crippen molar-refractivity contribution in [2.75, 3.05) is 5.32 Å². The Balaban J connectivity index is 1.48. The first kappa shape index (κ1) is 22.6. The Bertz CT molecular complexity index is 1410. The zero-order valence-electron chi connectivity index (χ0n) is 17.6. The van der Waals surface area contributed by atoms with E-state index in [1.807, 2.05) is 36.6 Å². The Kier molecular flexibility index (Phi) is 6.23. The van der Waals surface area contributed by atoms with Gasteiger partial charge < -0.3 is 5.32 Å². The average Bonchev–Trinajstić information content (AvgIpc) is 3.28. The van der Waals surface area contributed by atoms with E-state index in [-0.39, 0.29) is 16.3 Å². The molecule has 0 aliphatic carbocycles. The Morgan fingerprint density at radius 1 is 1.03 bits per heavy atom. The van der Waals surface area contributed by atoms with E-state index in [4.69, 9.17) is 10.1 Å². The number of anilines is 1. The zero-order chi connectivity index (χ0) is 23.6. The smallest absolute Gasteiger partial charge is 0.293 e. The molecule has 3 aromatic carbocycles. The second kappa shape index (κ2) is 9.10. The highest BCUT2D eigenvalue weighted by Crippen LogP contribution is 2.30. The molecule has 0 radical (unpaired) electrons. The van der Waals surface area contributed by atoms with Crippen LogP contribution in [0.3, 0.4) is 0 Å². The van der Waals surface area contributed by atoms with E-state index in [1.165, 1.54) is 17.7 Å². The molecule has 0 aliphatic rings. The molecule has 168 valence electrons. The van der Waals surface area contributed by atoms with Crippen molar-refractivity contribution in [2.45, 2.75) is 18.4 Å². The monoisotopic (exact) mass is 480 g/mol. The number of rotatable bonds is 7. The molecule has 0 saturated carbocycles. The zero-order valence-corrected chi connectivity index (χ0v) is 19.2. The number of aryl methyl sites for hydroxylation is 1. The largest absolute Gasteiger partial charge is 0.375 e. The quantitative estimate of drug-likeness (QED) is 0.284. The molecule has 0 spiro atoms. The fourth-order valence-electron chi connectivity index (χ4n) is 3.21. The van der Waals surface area contributed by atoms with Crippen LogP contribution in [0.25, 0.3) is 21.8 Å². The molecule has 4 aromatic rings. The molecule has 0 amide bonds. The van der Waals surface area contributed by atoms with Gasteiger partial charge in [0, 0.05) is 29.1 Å². The van der Waals surface area contributed by atoms with Crippen molar-refractivity contribution in [1.29, 1.82) is 0 Å². The second-order valence-corrected chi connectivity index (χ2v) is 9.86. The van der Waals surface area contributed by atoms with Crippen LogP contribution in [0, 0.1) is 17.0 Å². The topological polar surface area (TPSA) is 128 Å². The highest BCUT2D eigenvalue weighted by atomic mass is 32.2. The third-order valence-electron chi connectivity index (χ3n) is 5.03. The predicted molar refractivity (Wildman–Crippen MR) is 130 cm³/mol. The number of hydrogen-bond donors (Lipinski definition) is 2. The summed E-state index contributed by atoms with van der Waals surface area (Å²) in [6.07, 6.45) is 0. The predicted octanol–water partition coefficient (Wildman–Crippen LogP) is 4.95. The molecule has 4 rings (SSSR count). The van der Waals surface area contributed by atoms with E-state index in [0.717, 1.165) is 33.5 Å². The minimum atomic E-state index is -4.03. The van der Waals surface area contributed by atoms with Crippen molar-refractivity contribution < 1.29 is 13.3 Å². The van der Waals surface area contributed by atoms with E-state index >= 15 is 0 Å². The maximum Gasteiger partial charge on any atom is 0.293 e. The molecule has 10 heteroatoms. The van der Waals surface area contributed by atoms with Crippen LogP contribution in [0.5, 0.6) is 0 Å². The lowest BCUT2D eigenvalue weighted by Gasteiger charge is -2.09. The molecule has 0 bridgehead atoms. The first-order valence-corrected chi connectivity index (χ1v) is 12.3. The van der Waals surface area contributed by atoms with Crippen LogP contribution in [0.4, 0.5) is 11.4 Å². The van der Waals surface area contributed by atoms with Crippen molar-refractivity contribution in [2.24, 2.45) is 5.14 Å². The van der Waals surface area contributed by atoms with Crippen LogP contribution in [-0.4, -0.2) is 18.3 Å². The summed E-state index contributed by atoms with van der Waals surface area (Å²) in [4.78, 5) is 15.1. The van der Waals surface area contributed by atoms with Crippen molar-refractivity contribution in [3.8, 4) is 21.8 Å². The number of nitrogens with two attached hydrogens (primary N) is 1. The van der Waals surface area contributed by atoms with E-state index < -0.39 is 14.9 Å². The van der Waals surface area contributed by atoms with E-state index in [1.54, 1.807) is 11.3 Å². The molecule has 0 unspecified atom stereocenters. The Morgan fingerprint density at radius 3 is 2.33 bits per heavy atom. The molecule has 33 heavy (non-hydrogen) atoms. The third kappa shape index (κ3) is 5.25. The van der Waals surface area contributed by atoms with Crippen LogP contribution in [0.2, 0.25) is 0 Å². The van der Waals surface area contributed by atoms with Gasteiger partial charge in [-0.15, -0.1) is 11.3 Å². The first-order chi connectivity index (χ1) is 15.7. The van der Waals surface area contributed by atoms with Gasteiger partial charge in [-0.3, -0.25) is 10.1 Å². The number of nitro groups is 1. The SMILES string of the molecule is Cc1ccc(-c2csc(-c3ccc(CNc4ccc(S(N)(=O)=O)cc4[N+](=O)[O-])cc3)n2)cc1. The lowest BCUT2D eigenvalue weighted by atomic mass is 10.1. The van der Waals surface area contributed by atoms with Gasteiger partial charge in [0.05, 0.1) is 15.5 Å². The third-order valence-corrected chi connectivity index (χ3v) is 6.83. The summed E-state index contributed by atoms with van der Waals surface area (Å²) in [5.41, 5.74) is 4.92. The maximum absolute atomic E-state index is 11.5. The normalized spacial score (nSPS) is 11.3. The number of benzene rings is 3. The highest BCUT2D eigenvalue weighted by molar-refractivity contribution is 7.89. The summed E-state index contributed by atoms with van der Waals surface area (Å²) >= 11 is 1.57. The number of sulfonamides is 1. The number of nitrogens with zero attached hydrogens (tertiary/aromatic N) is 2. The number of primary sulfonamides is 1. The van der Waals surface area contributed by atoms with Crippen LogP contribution in [0.1, 0.15) is 11.1 Å². The van der Waals surface area contributed by atoms with E-state index in [0.29, 0.717) is 6.54 Å².